The maximum atomic E-state index is 13.8. The third-order valence-corrected chi connectivity index (χ3v) is 4.27. The van der Waals surface area contributed by atoms with Crippen molar-refractivity contribution in [3.63, 3.8) is 0 Å². The van der Waals surface area contributed by atoms with Gasteiger partial charge in [-0.3, -0.25) is 14.2 Å². The molecule has 9 heteroatoms. The van der Waals surface area contributed by atoms with E-state index in [1.54, 1.807) is 12.1 Å². The highest BCUT2D eigenvalue weighted by atomic mass is 127. The zero-order valence-electron chi connectivity index (χ0n) is 13.0. The van der Waals surface area contributed by atoms with Crippen LogP contribution in [0.4, 0.5) is 10.1 Å². The molecule has 0 atom stereocenters. The van der Waals surface area contributed by atoms with E-state index in [1.807, 2.05) is 22.6 Å². The summed E-state index contributed by atoms with van der Waals surface area (Å²) in [6.07, 6.45) is 1.29. The number of carbonyl (C=O) groups is 1. The Balaban J connectivity index is 1.93. The number of furan rings is 1. The molecular formula is C16H13FIN3O4. The molecule has 1 aromatic carbocycles. The molecule has 0 fully saturated rings. The van der Waals surface area contributed by atoms with Gasteiger partial charge in [0.15, 0.2) is 12.3 Å². The van der Waals surface area contributed by atoms with E-state index in [1.165, 1.54) is 25.4 Å². The van der Waals surface area contributed by atoms with Crippen molar-refractivity contribution in [1.29, 1.82) is 0 Å². The van der Waals surface area contributed by atoms with E-state index in [0.717, 1.165) is 8.14 Å². The topological polar surface area (TPSA) is 99.5 Å². The summed E-state index contributed by atoms with van der Waals surface area (Å²) >= 11 is 2.00. The number of carbonyl (C=O) groups excluding carboxylic acids is 1. The molecule has 0 aliphatic carbocycles. The van der Waals surface area contributed by atoms with Gasteiger partial charge >= 0.3 is 0 Å². The van der Waals surface area contributed by atoms with Crippen molar-refractivity contribution in [3.05, 3.63) is 55.8 Å². The number of halogens is 2. The number of benzene rings is 1. The fraction of sp³-hybridized carbons (Fsp3) is 0.125. The van der Waals surface area contributed by atoms with E-state index in [4.69, 9.17) is 14.9 Å². The summed E-state index contributed by atoms with van der Waals surface area (Å²) in [6.45, 7) is -0.183. The van der Waals surface area contributed by atoms with Crippen molar-refractivity contribution < 1.29 is 18.3 Å². The standard InChI is InChI=1S/C16H13FIN3O4/c1-21-15(23)9-4-5-24-13(9)12(14(19)22)16(21)25-7-20-11-3-2-8(18)6-10(11)17/h2-6,20H,7H2,1H3,(H2,19,22). The number of nitrogens with two attached hydrogens (primary N) is 1. The van der Waals surface area contributed by atoms with Crippen LogP contribution in [0.2, 0.25) is 0 Å². The van der Waals surface area contributed by atoms with Crippen molar-refractivity contribution in [3.8, 4) is 5.88 Å². The van der Waals surface area contributed by atoms with Gasteiger partial charge in [-0.15, -0.1) is 0 Å². The van der Waals surface area contributed by atoms with Crippen LogP contribution < -0.4 is 21.3 Å². The first-order valence-corrected chi connectivity index (χ1v) is 8.19. The van der Waals surface area contributed by atoms with Gasteiger partial charge in [0.05, 0.1) is 17.3 Å². The van der Waals surface area contributed by atoms with Crippen molar-refractivity contribution in [2.75, 3.05) is 12.0 Å². The van der Waals surface area contributed by atoms with Crippen LogP contribution >= 0.6 is 22.6 Å². The molecule has 0 aliphatic rings. The second kappa shape index (κ2) is 6.75. The van der Waals surface area contributed by atoms with Crippen LogP contribution in [0, 0.1) is 9.39 Å². The lowest BCUT2D eigenvalue weighted by atomic mass is 10.2. The number of aromatic nitrogens is 1. The molecule has 0 spiro atoms. The first kappa shape index (κ1) is 17.3. The average molecular weight is 457 g/mol. The van der Waals surface area contributed by atoms with E-state index in [9.17, 15) is 14.0 Å². The molecule has 2 heterocycles. The number of rotatable bonds is 5. The molecule has 3 aromatic rings. The van der Waals surface area contributed by atoms with E-state index < -0.39 is 17.3 Å². The van der Waals surface area contributed by atoms with Crippen molar-refractivity contribution in [2.45, 2.75) is 0 Å². The van der Waals surface area contributed by atoms with Gasteiger partial charge in [0, 0.05) is 10.6 Å². The minimum absolute atomic E-state index is 0.0491. The van der Waals surface area contributed by atoms with Gasteiger partial charge in [-0.05, 0) is 46.9 Å². The second-order valence-electron chi connectivity index (χ2n) is 5.16. The molecule has 25 heavy (non-hydrogen) atoms. The van der Waals surface area contributed by atoms with Crippen LogP contribution in [0.5, 0.6) is 5.88 Å². The minimum Gasteiger partial charge on any atom is -0.463 e. The Labute approximate surface area is 154 Å². The Morgan fingerprint density at radius 1 is 1.44 bits per heavy atom. The first-order chi connectivity index (χ1) is 11.9. The molecule has 7 nitrogen and oxygen atoms in total. The highest BCUT2D eigenvalue weighted by Crippen LogP contribution is 2.25. The lowest BCUT2D eigenvalue weighted by molar-refractivity contribution is 0.0995. The summed E-state index contributed by atoms with van der Waals surface area (Å²) in [5, 5.41) is 2.97. The zero-order valence-corrected chi connectivity index (χ0v) is 15.2. The molecule has 0 saturated carbocycles. The van der Waals surface area contributed by atoms with Crippen LogP contribution in [0.25, 0.3) is 11.0 Å². The smallest absolute Gasteiger partial charge is 0.264 e. The quantitative estimate of drug-likeness (QED) is 0.453. The fourth-order valence-electron chi connectivity index (χ4n) is 2.41. The Hall–Kier alpha value is -2.56. The Kier molecular flexibility index (Phi) is 4.66. The van der Waals surface area contributed by atoms with Crippen LogP contribution in [0.15, 0.2) is 39.7 Å². The van der Waals surface area contributed by atoms with Crippen molar-refractivity contribution >= 4 is 45.2 Å². The number of fused-ring (bicyclic) bond motifs is 1. The molecular weight excluding hydrogens is 444 g/mol. The van der Waals surface area contributed by atoms with Crippen LogP contribution in [0.3, 0.4) is 0 Å². The van der Waals surface area contributed by atoms with Crippen LogP contribution in [0.1, 0.15) is 10.4 Å². The largest absolute Gasteiger partial charge is 0.463 e. The third kappa shape index (κ3) is 3.18. The van der Waals surface area contributed by atoms with Gasteiger partial charge in [0.2, 0.25) is 5.88 Å². The number of pyridine rings is 1. The maximum absolute atomic E-state index is 13.8. The Morgan fingerprint density at radius 2 is 2.20 bits per heavy atom. The molecule has 1 amide bonds. The number of hydrogen-bond donors (Lipinski definition) is 2. The predicted molar refractivity (Wildman–Crippen MR) is 98.2 cm³/mol. The summed E-state index contributed by atoms with van der Waals surface area (Å²) in [5.41, 5.74) is 5.25. The lowest BCUT2D eigenvalue weighted by Gasteiger charge is -2.15. The van der Waals surface area contributed by atoms with E-state index in [2.05, 4.69) is 5.32 Å². The summed E-state index contributed by atoms with van der Waals surface area (Å²) in [6, 6.07) is 6.10. The van der Waals surface area contributed by atoms with Gasteiger partial charge in [0.25, 0.3) is 11.5 Å². The van der Waals surface area contributed by atoms with E-state index in [0.29, 0.717) is 0 Å². The van der Waals surface area contributed by atoms with Gasteiger partial charge < -0.3 is 20.2 Å². The lowest BCUT2D eigenvalue weighted by Crippen LogP contribution is -2.26. The number of nitrogens with one attached hydrogen (secondary N) is 1. The highest BCUT2D eigenvalue weighted by Gasteiger charge is 2.22. The second-order valence-corrected chi connectivity index (χ2v) is 6.41. The minimum atomic E-state index is -0.800. The average Bonchev–Trinajstić information content (AvgIpc) is 3.03. The molecule has 0 radical (unpaired) electrons. The zero-order chi connectivity index (χ0) is 18.1. The summed E-state index contributed by atoms with van der Waals surface area (Å²) < 4.78 is 26.4. The molecule has 0 aliphatic heterocycles. The van der Waals surface area contributed by atoms with Crippen molar-refractivity contribution in [1.82, 2.24) is 4.57 Å². The van der Waals surface area contributed by atoms with Gasteiger partial charge in [-0.25, -0.2) is 4.39 Å². The van der Waals surface area contributed by atoms with Crippen molar-refractivity contribution in [2.24, 2.45) is 12.8 Å². The number of nitrogens with zero attached hydrogens (tertiary/aromatic N) is 1. The SMILES string of the molecule is Cn1c(OCNc2ccc(I)cc2F)c(C(N)=O)c2occc2c1=O. The third-order valence-electron chi connectivity index (χ3n) is 3.59. The summed E-state index contributed by atoms with van der Waals surface area (Å²) in [4.78, 5) is 24.1. The first-order valence-electron chi connectivity index (χ1n) is 7.12. The van der Waals surface area contributed by atoms with Crippen LogP contribution in [-0.4, -0.2) is 17.2 Å². The molecule has 0 bridgehead atoms. The predicted octanol–water partition coefficient (Wildman–Crippen LogP) is 2.42. The number of primary amides is 1. The monoisotopic (exact) mass is 457 g/mol. The van der Waals surface area contributed by atoms with E-state index in [-0.39, 0.29) is 34.8 Å². The highest BCUT2D eigenvalue weighted by molar-refractivity contribution is 14.1. The summed E-state index contributed by atoms with van der Waals surface area (Å²) in [7, 11) is 1.45. The number of amides is 1. The van der Waals surface area contributed by atoms with Crippen LogP contribution in [-0.2, 0) is 7.05 Å². The molecule has 3 N–H and O–H groups in total. The molecule has 130 valence electrons. The maximum Gasteiger partial charge on any atom is 0.264 e. The fourth-order valence-corrected chi connectivity index (χ4v) is 2.86. The molecule has 2 aromatic heterocycles. The van der Waals surface area contributed by atoms with Gasteiger partial charge in [-0.1, -0.05) is 0 Å². The Morgan fingerprint density at radius 3 is 2.88 bits per heavy atom. The number of hydrogen-bond acceptors (Lipinski definition) is 5. The normalized spacial score (nSPS) is 10.8. The van der Waals surface area contributed by atoms with Gasteiger partial charge in [0.1, 0.15) is 11.4 Å². The molecule has 0 saturated heterocycles. The molecule has 3 rings (SSSR count). The number of ether oxygens (including phenoxy) is 1. The Bertz CT molecular complexity index is 1030. The number of anilines is 1. The summed E-state index contributed by atoms with van der Waals surface area (Å²) in [5.74, 6) is -1.30. The molecule has 0 unspecified atom stereocenters. The van der Waals surface area contributed by atoms with Gasteiger partial charge in [-0.2, -0.15) is 0 Å². The van der Waals surface area contributed by atoms with E-state index >= 15 is 0 Å².